The Morgan fingerprint density at radius 3 is 1.86 bits per heavy atom. The van der Waals surface area contributed by atoms with E-state index in [-0.39, 0.29) is 11.9 Å². The van der Waals surface area contributed by atoms with Gasteiger partial charge in [0.25, 0.3) is 0 Å². The number of carboxylic acid groups (broad SMARTS) is 1. The highest BCUT2D eigenvalue weighted by molar-refractivity contribution is 5.97. The zero-order chi connectivity index (χ0) is 19.7. The summed E-state index contributed by atoms with van der Waals surface area (Å²) >= 11 is 0. The van der Waals surface area contributed by atoms with Crippen molar-refractivity contribution in [3.8, 4) is 11.1 Å². The lowest BCUT2D eigenvalue weighted by Crippen LogP contribution is -2.38. The van der Waals surface area contributed by atoms with Crippen LogP contribution in [-0.4, -0.2) is 17.0 Å². The van der Waals surface area contributed by atoms with Gasteiger partial charge in [0.15, 0.2) is 0 Å². The first-order valence-corrected chi connectivity index (χ1v) is 9.34. The average Bonchev–Trinajstić information content (AvgIpc) is 2.73. The molecule has 4 rings (SSSR count). The predicted octanol–water partition coefficient (Wildman–Crippen LogP) is 4.50. The molecule has 4 heteroatoms. The molecule has 0 bridgehead atoms. The molecular formula is C24H21NO3. The summed E-state index contributed by atoms with van der Waals surface area (Å²) in [5.74, 6) is -2.97. The topological polar surface area (TPSA) is 66.4 Å². The molecule has 1 amide bonds. The minimum atomic E-state index is -0.991. The van der Waals surface area contributed by atoms with Crippen LogP contribution in [0.1, 0.15) is 41.5 Å². The van der Waals surface area contributed by atoms with Crippen molar-refractivity contribution in [2.24, 2.45) is 0 Å². The van der Waals surface area contributed by atoms with Gasteiger partial charge in [0.2, 0.25) is 5.91 Å². The van der Waals surface area contributed by atoms with Crippen LogP contribution in [0.4, 0.5) is 0 Å². The molecule has 3 aromatic rings. The second kappa shape index (κ2) is 7.31. The lowest BCUT2D eigenvalue weighted by atomic mass is 9.71. The molecule has 28 heavy (non-hydrogen) atoms. The van der Waals surface area contributed by atoms with Crippen molar-refractivity contribution in [1.82, 2.24) is 5.32 Å². The maximum Gasteiger partial charge on any atom is 0.312 e. The summed E-state index contributed by atoms with van der Waals surface area (Å²) in [7, 11) is 0. The van der Waals surface area contributed by atoms with Crippen molar-refractivity contribution in [3.05, 3.63) is 95.6 Å². The number of carboxylic acids is 1. The lowest BCUT2D eigenvalue weighted by Gasteiger charge is -2.33. The number of amides is 1. The van der Waals surface area contributed by atoms with Crippen LogP contribution >= 0.6 is 0 Å². The summed E-state index contributed by atoms with van der Waals surface area (Å²) in [6.07, 6.45) is 0. The number of nitrogens with one attached hydrogen (secondary N) is 1. The van der Waals surface area contributed by atoms with Crippen LogP contribution in [0.2, 0.25) is 0 Å². The predicted molar refractivity (Wildman–Crippen MR) is 108 cm³/mol. The van der Waals surface area contributed by atoms with Crippen LogP contribution in [0.15, 0.2) is 78.9 Å². The van der Waals surface area contributed by atoms with Gasteiger partial charge >= 0.3 is 5.97 Å². The molecule has 0 unspecified atom stereocenters. The van der Waals surface area contributed by atoms with Gasteiger partial charge in [-0.2, -0.15) is 0 Å². The van der Waals surface area contributed by atoms with Crippen molar-refractivity contribution in [1.29, 1.82) is 0 Å². The molecule has 3 aromatic carbocycles. The molecule has 3 atom stereocenters. The van der Waals surface area contributed by atoms with Crippen LogP contribution in [0.5, 0.6) is 0 Å². The third kappa shape index (κ3) is 3.07. The Balaban J connectivity index is 1.76. The standard InChI is InChI=1S/C24H21NO3/c1-15(16-9-3-2-4-10-16)25-23(26)21-19-13-7-5-11-17(19)18-12-6-8-14-20(18)22(21)24(27)28/h2-15,21-22H,1H3,(H,25,26)(H,27,28)/t15-,21-,22+/m1/s1. The molecule has 140 valence electrons. The molecule has 1 aliphatic rings. The normalized spacial score (nSPS) is 18.5. The van der Waals surface area contributed by atoms with Gasteiger partial charge in [-0.05, 0) is 34.7 Å². The Kier molecular flexibility index (Phi) is 4.70. The number of benzene rings is 3. The van der Waals surface area contributed by atoms with E-state index in [0.717, 1.165) is 22.3 Å². The number of carbonyl (C=O) groups is 2. The van der Waals surface area contributed by atoms with Crippen LogP contribution in [0.25, 0.3) is 11.1 Å². The SMILES string of the molecule is C[C@@H](NC(=O)[C@@H]1c2ccccc2-c2ccccc2[C@@H]1C(=O)O)c1ccccc1. The fraction of sp³-hybridized carbons (Fsp3) is 0.167. The number of hydrogen-bond acceptors (Lipinski definition) is 2. The highest BCUT2D eigenvalue weighted by atomic mass is 16.4. The number of hydrogen-bond donors (Lipinski definition) is 2. The minimum absolute atomic E-state index is 0.215. The number of fused-ring (bicyclic) bond motifs is 3. The number of rotatable bonds is 4. The van der Waals surface area contributed by atoms with Crippen molar-refractivity contribution in [2.75, 3.05) is 0 Å². The third-order valence-electron chi connectivity index (χ3n) is 5.42. The number of carbonyl (C=O) groups excluding carboxylic acids is 1. The average molecular weight is 371 g/mol. The maximum atomic E-state index is 13.3. The van der Waals surface area contributed by atoms with Gasteiger partial charge in [0, 0.05) is 0 Å². The molecule has 0 saturated heterocycles. The van der Waals surface area contributed by atoms with Gasteiger partial charge in [-0.1, -0.05) is 78.9 Å². The Morgan fingerprint density at radius 2 is 1.29 bits per heavy atom. The van der Waals surface area contributed by atoms with Gasteiger partial charge < -0.3 is 10.4 Å². The van der Waals surface area contributed by atoms with Gasteiger partial charge in [-0.15, -0.1) is 0 Å². The van der Waals surface area contributed by atoms with E-state index in [0.29, 0.717) is 5.56 Å². The van der Waals surface area contributed by atoms with E-state index in [1.165, 1.54) is 0 Å². The Morgan fingerprint density at radius 1 is 0.786 bits per heavy atom. The van der Waals surface area contributed by atoms with Crippen molar-refractivity contribution < 1.29 is 14.7 Å². The van der Waals surface area contributed by atoms with Gasteiger partial charge in [-0.25, -0.2) is 0 Å². The monoisotopic (exact) mass is 371 g/mol. The molecule has 0 aliphatic heterocycles. The van der Waals surface area contributed by atoms with Crippen LogP contribution in [0.3, 0.4) is 0 Å². The molecule has 1 aliphatic carbocycles. The molecule has 0 heterocycles. The van der Waals surface area contributed by atoms with E-state index >= 15 is 0 Å². The summed E-state index contributed by atoms with van der Waals surface area (Å²) < 4.78 is 0. The summed E-state index contributed by atoms with van der Waals surface area (Å²) in [5, 5.41) is 13.0. The second-order valence-corrected chi connectivity index (χ2v) is 7.11. The Labute approximate surface area is 163 Å². The zero-order valence-corrected chi connectivity index (χ0v) is 15.5. The quantitative estimate of drug-likeness (QED) is 0.710. The Bertz CT molecular complexity index is 1030. The van der Waals surface area contributed by atoms with E-state index < -0.39 is 17.8 Å². The van der Waals surface area contributed by atoms with E-state index in [2.05, 4.69) is 5.32 Å². The van der Waals surface area contributed by atoms with Crippen molar-refractivity contribution >= 4 is 11.9 Å². The van der Waals surface area contributed by atoms with Crippen LogP contribution in [0, 0.1) is 0 Å². The zero-order valence-electron chi connectivity index (χ0n) is 15.5. The maximum absolute atomic E-state index is 13.3. The van der Waals surface area contributed by atoms with Gasteiger partial charge in [0.1, 0.15) is 0 Å². The molecule has 0 aromatic heterocycles. The first-order valence-electron chi connectivity index (χ1n) is 9.34. The van der Waals surface area contributed by atoms with Crippen molar-refractivity contribution in [2.45, 2.75) is 24.8 Å². The summed E-state index contributed by atoms with van der Waals surface area (Å²) in [4.78, 5) is 25.5. The fourth-order valence-corrected chi connectivity index (χ4v) is 4.08. The molecule has 0 saturated carbocycles. The lowest BCUT2D eigenvalue weighted by molar-refractivity contribution is -0.142. The molecule has 0 radical (unpaired) electrons. The summed E-state index contributed by atoms with van der Waals surface area (Å²) in [6, 6.07) is 24.5. The van der Waals surface area contributed by atoms with Crippen molar-refractivity contribution in [3.63, 3.8) is 0 Å². The third-order valence-corrected chi connectivity index (χ3v) is 5.42. The largest absolute Gasteiger partial charge is 0.481 e. The molecule has 4 nitrogen and oxygen atoms in total. The summed E-state index contributed by atoms with van der Waals surface area (Å²) in [5.41, 5.74) is 4.22. The first kappa shape index (κ1) is 18.0. The van der Waals surface area contributed by atoms with Gasteiger partial charge in [0.05, 0.1) is 17.9 Å². The number of aliphatic carboxylic acids is 1. The second-order valence-electron chi connectivity index (χ2n) is 7.11. The minimum Gasteiger partial charge on any atom is -0.481 e. The smallest absolute Gasteiger partial charge is 0.312 e. The van der Waals surface area contributed by atoms with Gasteiger partial charge in [-0.3, -0.25) is 9.59 Å². The van der Waals surface area contributed by atoms with Crippen LogP contribution < -0.4 is 5.32 Å². The first-order chi connectivity index (χ1) is 13.6. The highest BCUT2D eigenvalue weighted by Crippen LogP contribution is 2.47. The molecule has 2 N–H and O–H groups in total. The molecule has 0 fully saturated rings. The highest BCUT2D eigenvalue weighted by Gasteiger charge is 2.42. The van der Waals surface area contributed by atoms with E-state index in [1.54, 1.807) is 0 Å². The van der Waals surface area contributed by atoms with E-state index in [1.807, 2.05) is 85.8 Å². The molecule has 0 spiro atoms. The summed E-state index contributed by atoms with van der Waals surface area (Å²) in [6.45, 7) is 1.91. The van der Waals surface area contributed by atoms with E-state index in [9.17, 15) is 14.7 Å². The van der Waals surface area contributed by atoms with E-state index in [4.69, 9.17) is 0 Å². The fourth-order valence-electron chi connectivity index (χ4n) is 4.08. The van der Waals surface area contributed by atoms with Crippen LogP contribution in [-0.2, 0) is 9.59 Å². The molecular weight excluding hydrogens is 350 g/mol. The Hall–Kier alpha value is -3.40.